The molecular weight excluding hydrogens is 290 g/mol. The molecule has 2 rings (SSSR count). The van der Waals surface area contributed by atoms with Gasteiger partial charge in [0.25, 0.3) is 5.91 Å². The molecule has 1 N–H and O–H groups in total. The highest BCUT2D eigenvalue weighted by Gasteiger charge is 2.21. The van der Waals surface area contributed by atoms with Crippen LogP contribution in [0.1, 0.15) is 15.9 Å². The third kappa shape index (κ3) is 4.44. The molecule has 1 aliphatic rings. The van der Waals surface area contributed by atoms with E-state index >= 15 is 0 Å². The van der Waals surface area contributed by atoms with Gasteiger partial charge in [-0.15, -0.1) is 12.4 Å². The lowest BCUT2D eigenvalue weighted by Crippen LogP contribution is -2.49. The van der Waals surface area contributed by atoms with Crippen LogP contribution < -0.4 is 5.32 Å². The summed E-state index contributed by atoms with van der Waals surface area (Å²) in [6, 6.07) is 7.44. The highest BCUT2D eigenvalue weighted by Crippen LogP contribution is 2.10. The molecule has 1 saturated heterocycles. The second-order valence-electron chi connectivity index (χ2n) is 5.11. The van der Waals surface area contributed by atoms with Crippen molar-refractivity contribution in [3.63, 3.8) is 0 Å². The average Bonchev–Trinajstić information content (AvgIpc) is 2.48. The number of piperazine rings is 1. The number of likely N-dealkylation sites (N-methyl/N-ethyl adjacent to an activating group) is 1. The van der Waals surface area contributed by atoms with Crippen LogP contribution in [0.2, 0.25) is 0 Å². The predicted octanol–water partition coefficient (Wildman–Crippen LogP) is 0.921. The lowest BCUT2D eigenvalue weighted by Gasteiger charge is -2.29. The first-order valence-electron chi connectivity index (χ1n) is 6.89. The second kappa shape index (κ2) is 8.00. The lowest BCUT2D eigenvalue weighted by molar-refractivity contribution is -0.132. The summed E-state index contributed by atoms with van der Waals surface area (Å²) in [5.74, 6) is -0.0949. The molecule has 1 aromatic carbocycles. The Morgan fingerprint density at radius 3 is 2.48 bits per heavy atom. The molecule has 1 heterocycles. The van der Waals surface area contributed by atoms with Gasteiger partial charge in [0, 0.05) is 38.8 Å². The largest absolute Gasteiger partial charge is 0.339 e. The van der Waals surface area contributed by atoms with Gasteiger partial charge in [-0.05, 0) is 18.6 Å². The van der Waals surface area contributed by atoms with Crippen LogP contribution >= 0.6 is 12.4 Å². The number of benzene rings is 1. The first-order valence-corrected chi connectivity index (χ1v) is 6.89. The van der Waals surface area contributed by atoms with Crippen molar-refractivity contribution in [1.82, 2.24) is 15.1 Å². The smallest absolute Gasteiger partial charge is 0.254 e. The standard InChI is InChI=1S/C15H21N3O2.ClH/c1-12-5-3-4-6-13(12)15(20)17(2)11-14(19)18-9-7-16-8-10-18;/h3-6,16H,7-11H2,1-2H3;1H. The maximum absolute atomic E-state index is 12.3. The maximum Gasteiger partial charge on any atom is 0.254 e. The van der Waals surface area contributed by atoms with Gasteiger partial charge in [-0.25, -0.2) is 0 Å². The molecule has 0 unspecified atom stereocenters. The quantitative estimate of drug-likeness (QED) is 0.903. The molecule has 0 atom stereocenters. The molecule has 1 aromatic rings. The highest BCUT2D eigenvalue weighted by molar-refractivity contribution is 5.97. The molecule has 5 nitrogen and oxygen atoms in total. The molecule has 116 valence electrons. The van der Waals surface area contributed by atoms with E-state index in [1.54, 1.807) is 18.0 Å². The van der Waals surface area contributed by atoms with Crippen molar-refractivity contribution in [1.29, 1.82) is 0 Å². The number of rotatable bonds is 3. The molecule has 1 aliphatic heterocycles. The summed E-state index contributed by atoms with van der Waals surface area (Å²) < 4.78 is 0. The predicted molar refractivity (Wildman–Crippen MR) is 84.8 cm³/mol. The van der Waals surface area contributed by atoms with E-state index in [0.29, 0.717) is 18.7 Å². The van der Waals surface area contributed by atoms with E-state index in [2.05, 4.69) is 5.32 Å². The Bertz CT molecular complexity index is 501. The van der Waals surface area contributed by atoms with Gasteiger partial charge in [-0.2, -0.15) is 0 Å². The monoisotopic (exact) mass is 311 g/mol. The molecule has 0 spiro atoms. The van der Waals surface area contributed by atoms with Gasteiger partial charge in [0.05, 0.1) is 6.54 Å². The number of aryl methyl sites for hydroxylation is 1. The third-order valence-electron chi connectivity index (χ3n) is 3.56. The zero-order valence-electron chi connectivity index (χ0n) is 12.5. The van der Waals surface area contributed by atoms with E-state index < -0.39 is 0 Å². The fraction of sp³-hybridized carbons (Fsp3) is 0.467. The van der Waals surface area contributed by atoms with Gasteiger partial charge in [0.2, 0.25) is 5.91 Å². The van der Waals surface area contributed by atoms with Crippen molar-refractivity contribution < 1.29 is 9.59 Å². The first kappa shape index (κ1) is 17.5. The van der Waals surface area contributed by atoms with Crippen molar-refractivity contribution in [2.45, 2.75) is 6.92 Å². The van der Waals surface area contributed by atoms with E-state index in [9.17, 15) is 9.59 Å². The van der Waals surface area contributed by atoms with E-state index in [4.69, 9.17) is 0 Å². The Balaban J connectivity index is 0.00000220. The van der Waals surface area contributed by atoms with Gasteiger partial charge in [-0.1, -0.05) is 18.2 Å². The normalized spacial score (nSPS) is 14.3. The fourth-order valence-corrected chi connectivity index (χ4v) is 2.31. The molecule has 6 heteroatoms. The molecule has 2 amide bonds. The maximum atomic E-state index is 12.3. The number of amides is 2. The van der Waals surface area contributed by atoms with Gasteiger partial charge >= 0.3 is 0 Å². The Morgan fingerprint density at radius 2 is 1.86 bits per heavy atom. The summed E-state index contributed by atoms with van der Waals surface area (Å²) >= 11 is 0. The van der Waals surface area contributed by atoms with Gasteiger partial charge in [-0.3, -0.25) is 9.59 Å². The molecule has 0 saturated carbocycles. The topological polar surface area (TPSA) is 52.7 Å². The van der Waals surface area contributed by atoms with Gasteiger partial charge < -0.3 is 15.1 Å². The molecule has 0 radical (unpaired) electrons. The number of nitrogens with zero attached hydrogens (tertiary/aromatic N) is 2. The Morgan fingerprint density at radius 1 is 1.24 bits per heavy atom. The Kier molecular flexibility index (Phi) is 6.65. The molecule has 0 bridgehead atoms. The third-order valence-corrected chi connectivity index (χ3v) is 3.56. The van der Waals surface area contributed by atoms with Crippen molar-refractivity contribution in [2.24, 2.45) is 0 Å². The molecular formula is C15H22ClN3O2. The summed E-state index contributed by atoms with van der Waals surface area (Å²) in [6.07, 6.45) is 0. The summed E-state index contributed by atoms with van der Waals surface area (Å²) in [4.78, 5) is 27.8. The summed E-state index contributed by atoms with van der Waals surface area (Å²) in [5.41, 5.74) is 1.59. The van der Waals surface area contributed by atoms with E-state index in [0.717, 1.165) is 18.7 Å². The first-order chi connectivity index (χ1) is 9.59. The van der Waals surface area contributed by atoms with Gasteiger partial charge in [0.1, 0.15) is 0 Å². The number of carbonyl (C=O) groups excluding carboxylic acids is 2. The van der Waals surface area contributed by atoms with E-state index in [1.165, 1.54) is 4.90 Å². The number of hydrogen-bond donors (Lipinski definition) is 1. The Hall–Kier alpha value is -1.59. The summed E-state index contributed by atoms with van der Waals surface area (Å²) in [5, 5.41) is 3.20. The van der Waals surface area contributed by atoms with Crippen LogP contribution in [-0.2, 0) is 4.79 Å². The summed E-state index contributed by atoms with van der Waals surface area (Å²) in [7, 11) is 1.68. The SMILES string of the molecule is Cc1ccccc1C(=O)N(C)CC(=O)N1CCNCC1.Cl. The van der Waals surface area contributed by atoms with Crippen LogP contribution in [0.5, 0.6) is 0 Å². The molecule has 21 heavy (non-hydrogen) atoms. The van der Waals surface area contributed by atoms with Crippen LogP contribution in [0.15, 0.2) is 24.3 Å². The van der Waals surface area contributed by atoms with Crippen molar-refractivity contribution in [3.8, 4) is 0 Å². The minimum Gasteiger partial charge on any atom is -0.339 e. The van der Waals surface area contributed by atoms with Gasteiger partial charge in [0.15, 0.2) is 0 Å². The Labute approximate surface area is 131 Å². The zero-order valence-corrected chi connectivity index (χ0v) is 13.3. The minimum atomic E-state index is -0.105. The van der Waals surface area contributed by atoms with Crippen LogP contribution in [-0.4, -0.2) is 61.4 Å². The van der Waals surface area contributed by atoms with Crippen LogP contribution in [0.25, 0.3) is 0 Å². The van der Waals surface area contributed by atoms with Crippen LogP contribution in [0, 0.1) is 6.92 Å². The van der Waals surface area contributed by atoms with Crippen molar-refractivity contribution >= 4 is 24.2 Å². The van der Waals surface area contributed by atoms with E-state index in [1.807, 2.05) is 25.1 Å². The van der Waals surface area contributed by atoms with Crippen LogP contribution in [0.3, 0.4) is 0 Å². The highest BCUT2D eigenvalue weighted by atomic mass is 35.5. The van der Waals surface area contributed by atoms with E-state index in [-0.39, 0.29) is 30.8 Å². The second-order valence-corrected chi connectivity index (χ2v) is 5.11. The lowest BCUT2D eigenvalue weighted by atomic mass is 10.1. The minimum absolute atomic E-state index is 0. The molecule has 1 fully saturated rings. The number of carbonyl (C=O) groups is 2. The number of halogens is 1. The number of hydrogen-bond acceptors (Lipinski definition) is 3. The molecule has 0 aliphatic carbocycles. The zero-order chi connectivity index (χ0) is 14.5. The van der Waals surface area contributed by atoms with Crippen molar-refractivity contribution in [3.05, 3.63) is 35.4 Å². The summed E-state index contributed by atoms with van der Waals surface area (Å²) in [6.45, 7) is 5.10. The molecule has 0 aromatic heterocycles. The fourth-order valence-electron chi connectivity index (χ4n) is 2.31. The van der Waals surface area contributed by atoms with Crippen molar-refractivity contribution in [2.75, 3.05) is 39.8 Å². The number of nitrogens with one attached hydrogen (secondary N) is 1. The van der Waals surface area contributed by atoms with Crippen LogP contribution in [0.4, 0.5) is 0 Å². The average molecular weight is 312 g/mol.